The Morgan fingerprint density at radius 1 is 1.16 bits per heavy atom. The third-order valence-corrected chi connectivity index (χ3v) is 4.16. The Balaban J connectivity index is 2.27. The third kappa shape index (κ3) is 2.16. The van der Waals surface area contributed by atoms with E-state index in [1.165, 1.54) is 11.3 Å². The van der Waals surface area contributed by atoms with E-state index in [0.717, 1.165) is 16.1 Å². The van der Waals surface area contributed by atoms with Gasteiger partial charge in [-0.3, -0.25) is 0 Å². The maximum Gasteiger partial charge on any atom is 0.175 e. The number of halogens is 2. The standard InChI is InChI=1S/C13H8Cl2N2OS/c1-18-9-5-6-19-11(9)13-16-8-4-2-3-7(14)10(8)12(15)17-13/h2-6H,1H3. The van der Waals surface area contributed by atoms with E-state index in [2.05, 4.69) is 9.97 Å². The fourth-order valence-electron chi connectivity index (χ4n) is 1.82. The lowest BCUT2D eigenvalue weighted by atomic mass is 10.2. The van der Waals surface area contributed by atoms with Crippen LogP contribution in [0.1, 0.15) is 0 Å². The average molecular weight is 311 g/mol. The Bertz CT molecular complexity index is 757. The van der Waals surface area contributed by atoms with E-state index >= 15 is 0 Å². The summed E-state index contributed by atoms with van der Waals surface area (Å²) in [6.45, 7) is 0. The molecule has 0 aliphatic carbocycles. The number of aromatic nitrogens is 2. The van der Waals surface area contributed by atoms with Crippen molar-refractivity contribution in [1.82, 2.24) is 9.97 Å². The number of rotatable bonds is 2. The third-order valence-electron chi connectivity index (χ3n) is 2.68. The zero-order valence-electron chi connectivity index (χ0n) is 9.85. The van der Waals surface area contributed by atoms with Crippen molar-refractivity contribution >= 4 is 45.4 Å². The minimum absolute atomic E-state index is 0.348. The quantitative estimate of drug-likeness (QED) is 0.645. The summed E-state index contributed by atoms with van der Waals surface area (Å²) in [5, 5.41) is 3.49. The van der Waals surface area contributed by atoms with Crippen molar-refractivity contribution in [2.75, 3.05) is 7.11 Å². The number of fused-ring (bicyclic) bond motifs is 1. The molecule has 1 aromatic carbocycles. The van der Waals surface area contributed by atoms with E-state index in [-0.39, 0.29) is 0 Å². The van der Waals surface area contributed by atoms with Gasteiger partial charge in [-0.15, -0.1) is 11.3 Å². The molecule has 0 fully saturated rings. The van der Waals surface area contributed by atoms with Crippen molar-refractivity contribution in [3.05, 3.63) is 39.8 Å². The number of benzene rings is 1. The van der Waals surface area contributed by atoms with Crippen molar-refractivity contribution < 1.29 is 4.74 Å². The lowest BCUT2D eigenvalue weighted by molar-refractivity contribution is 0.418. The van der Waals surface area contributed by atoms with E-state index in [9.17, 15) is 0 Å². The Morgan fingerprint density at radius 2 is 2.00 bits per heavy atom. The molecule has 0 amide bonds. The molecule has 0 aliphatic rings. The topological polar surface area (TPSA) is 35.0 Å². The molecule has 0 saturated carbocycles. The first-order chi connectivity index (χ1) is 9.20. The molecule has 6 heteroatoms. The van der Waals surface area contributed by atoms with Gasteiger partial charge in [0.05, 0.1) is 23.0 Å². The molecule has 0 spiro atoms. The van der Waals surface area contributed by atoms with Crippen LogP contribution < -0.4 is 4.74 Å². The summed E-state index contributed by atoms with van der Waals surface area (Å²) in [6.07, 6.45) is 0. The molecule has 96 valence electrons. The van der Waals surface area contributed by atoms with Gasteiger partial charge in [0.15, 0.2) is 5.82 Å². The molecule has 0 aliphatic heterocycles. The molecule has 0 radical (unpaired) electrons. The fourth-order valence-corrected chi connectivity index (χ4v) is 3.20. The minimum atomic E-state index is 0.348. The van der Waals surface area contributed by atoms with Gasteiger partial charge in [0.2, 0.25) is 0 Å². The monoisotopic (exact) mass is 310 g/mol. The molecule has 3 rings (SSSR count). The molecule has 3 aromatic rings. The highest BCUT2D eigenvalue weighted by Crippen LogP contribution is 2.36. The number of ether oxygens (including phenoxy) is 1. The van der Waals surface area contributed by atoms with E-state index < -0.39 is 0 Å². The molecular formula is C13H8Cl2N2OS. The van der Waals surface area contributed by atoms with Gasteiger partial charge in [-0.05, 0) is 23.6 Å². The van der Waals surface area contributed by atoms with Crippen LogP contribution in [0.15, 0.2) is 29.6 Å². The SMILES string of the molecule is COc1ccsc1-c1nc(Cl)c2c(Cl)cccc2n1. The summed E-state index contributed by atoms with van der Waals surface area (Å²) >= 11 is 13.8. The molecule has 0 saturated heterocycles. The van der Waals surface area contributed by atoms with Gasteiger partial charge in [0, 0.05) is 0 Å². The summed E-state index contributed by atoms with van der Waals surface area (Å²) in [5.41, 5.74) is 0.720. The van der Waals surface area contributed by atoms with Gasteiger partial charge in [-0.2, -0.15) is 0 Å². The second-order valence-corrected chi connectivity index (χ2v) is 5.47. The van der Waals surface area contributed by atoms with E-state index in [1.54, 1.807) is 13.2 Å². The summed E-state index contributed by atoms with van der Waals surface area (Å²) in [4.78, 5) is 9.66. The molecule has 0 N–H and O–H groups in total. The van der Waals surface area contributed by atoms with Crippen LogP contribution in [0.4, 0.5) is 0 Å². The van der Waals surface area contributed by atoms with Crippen LogP contribution >= 0.6 is 34.5 Å². The van der Waals surface area contributed by atoms with Gasteiger partial charge in [0.1, 0.15) is 15.8 Å². The zero-order valence-corrected chi connectivity index (χ0v) is 12.2. The average Bonchev–Trinajstić information content (AvgIpc) is 2.86. The van der Waals surface area contributed by atoms with Crippen molar-refractivity contribution in [2.24, 2.45) is 0 Å². The van der Waals surface area contributed by atoms with Gasteiger partial charge >= 0.3 is 0 Å². The van der Waals surface area contributed by atoms with Gasteiger partial charge in [-0.25, -0.2) is 9.97 Å². The van der Waals surface area contributed by atoms with E-state index in [0.29, 0.717) is 21.4 Å². The highest BCUT2D eigenvalue weighted by atomic mass is 35.5. The molecule has 0 atom stereocenters. The van der Waals surface area contributed by atoms with Crippen LogP contribution in [0, 0.1) is 0 Å². The number of hydrogen-bond donors (Lipinski definition) is 0. The van der Waals surface area contributed by atoms with E-state index in [1.807, 2.05) is 23.6 Å². The smallest absolute Gasteiger partial charge is 0.175 e. The first kappa shape index (κ1) is 12.7. The van der Waals surface area contributed by atoms with Crippen LogP contribution in [-0.2, 0) is 0 Å². The molecule has 19 heavy (non-hydrogen) atoms. The molecular weight excluding hydrogens is 303 g/mol. The van der Waals surface area contributed by atoms with E-state index in [4.69, 9.17) is 27.9 Å². The Hall–Kier alpha value is -1.36. The summed E-state index contributed by atoms with van der Waals surface area (Å²) < 4.78 is 5.28. The lowest BCUT2D eigenvalue weighted by Gasteiger charge is -2.06. The van der Waals surface area contributed by atoms with Crippen LogP contribution in [-0.4, -0.2) is 17.1 Å². The summed E-state index contributed by atoms with van der Waals surface area (Å²) in [5.74, 6) is 1.29. The number of nitrogens with zero attached hydrogens (tertiary/aromatic N) is 2. The van der Waals surface area contributed by atoms with Gasteiger partial charge in [0.25, 0.3) is 0 Å². The zero-order chi connectivity index (χ0) is 13.4. The van der Waals surface area contributed by atoms with Gasteiger partial charge in [-0.1, -0.05) is 29.3 Å². The molecule has 2 heterocycles. The molecule has 2 aromatic heterocycles. The largest absolute Gasteiger partial charge is 0.495 e. The Kier molecular flexibility index (Phi) is 3.31. The predicted molar refractivity (Wildman–Crippen MR) is 79.4 cm³/mol. The second kappa shape index (κ2) is 4.96. The maximum atomic E-state index is 6.21. The number of hydrogen-bond acceptors (Lipinski definition) is 4. The predicted octanol–water partition coefficient (Wildman–Crippen LogP) is 4.67. The first-order valence-corrected chi connectivity index (χ1v) is 7.08. The molecule has 0 bridgehead atoms. The van der Waals surface area contributed by atoms with Crippen LogP contribution in [0.2, 0.25) is 10.2 Å². The summed E-state index contributed by atoms with van der Waals surface area (Å²) in [7, 11) is 1.62. The summed E-state index contributed by atoms with van der Waals surface area (Å²) in [6, 6.07) is 7.34. The first-order valence-electron chi connectivity index (χ1n) is 5.44. The van der Waals surface area contributed by atoms with Crippen LogP contribution in [0.25, 0.3) is 21.6 Å². The van der Waals surface area contributed by atoms with Crippen LogP contribution in [0.3, 0.4) is 0 Å². The second-order valence-electron chi connectivity index (χ2n) is 3.79. The molecule has 0 unspecified atom stereocenters. The normalized spacial score (nSPS) is 10.9. The van der Waals surface area contributed by atoms with Crippen molar-refractivity contribution in [3.8, 4) is 16.5 Å². The number of thiophene rings is 1. The number of methoxy groups -OCH3 is 1. The highest BCUT2D eigenvalue weighted by molar-refractivity contribution is 7.13. The minimum Gasteiger partial charge on any atom is -0.495 e. The van der Waals surface area contributed by atoms with Crippen LogP contribution in [0.5, 0.6) is 5.75 Å². The van der Waals surface area contributed by atoms with Crippen molar-refractivity contribution in [3.63, 3.8) is 0 Å². The fraction of sp³-hybridized carbons (Fsp3) is 0.0769. The lowest BCUT2D eigenvalue weighted by Crippen LogP contribution is -1.92. The van der Waals surface area contributed by atoms with Gasteiger partial charge < -0.3 is 4.74 Å². The molecule has 3 nitrogen and oxygen atoms in total. The Morgan fingerprint density at radius 3 is 2.79 bits per heavy atom. The Labute approximate surface area is 123 Å². The van der Waals surface area contributed by atoms with Crippen molar-refractivity contribution in [1.29, 1.82) is 0 Å². The highest BCUT2D eigenvalue weighted by Gasteiger charge is 2.14. The maximum absolute atomic E-state index is 6.21. The van der Waals surface area contributed by atoms with Crippen molar-refractivity contribution in [2.45, 2.75) is 0 Å².